The maximum Gasteiger partial charge on any atom is 0.319 e. The second-order valence-corrected chi connectivity index (χ2v) is 8.91. The smallest absolute Gasteiger partial charge is 0.319 e. The number of carbonyl (C=O) groups is 3. The van der Waals surface area contributed by atoms with Gasteiger partial charge in [-0.1, -0.05) is 0 Å². The third-order valence-electron chi connectivity index (χ3n) is 4.84. The molecule has 0 saturated carbocycles. The Balaban J connectivity index is 1.60. The molecular weight excluding hydrogens is 452 g/mol. The van der Waals surface area contributed by atoms with Crippen LogP contribution in [0.25, 0.3) is 0 Å². The highest BCUT2D eigenvalue weighted by molar-refractivity contribution is 7.90. The van der Waals surface area contributed by atoms with E-state index in [0.717, 1.165) is 6.92 Å². The summed E-state index contributed by atoms with van der Waals surface area (Å²) in [6, 6.07) is 9.47. The number of carbonyl (C=O) groups excluding carboxylic acids is 3. The molecule has 176 valence electrons. The van der Waals surface area contributed by atoms with Crippen LogP contribution in [0.1, 0.15) is 13.3 Å². The predicted octanol–water partition coefficient (Wildman–Crippen LogP) is 1.46. The van der Waals surface area contributed by atoms with Gasteiger partial charge in [-0.3, -0.25) is 9.59 Å². The van der Waals surface area contributed by atoms with Gasteiger partial charge in [-0.05, 0) is 36.4 Å². The number of benzene rings is 2. The van der Waals surface area contributed by atoms with E-state index in [1.807, 2.05) is 4.72 Å². The van der Waals surface area contributed by atoms with E-state index in [-0.39, 0.29) is 23.8 Å². The Kier molecular flexibility index (Phi) is 7.07. The predicted molar refractivity (Wildman–Crippen MR) is 120 cm³/mol. The number of nitrogens with one attached hydrogen (secondary N) is 3. The molecule has 0 spiro atoms. The molecule has 1 aliphatic heterocycles. The maximum absolute atomic E-state index is 12.5. The van der Waals surface area contributed by atoms with Gasteiger partial charge in [0.05, 0.1) is 25.2 Å². The molecular formula is C21H24N4O7S. The van der Waals surface area contributed by atoms with Gasteiger partial charge in [-0.25, -0.2) is 17.9 Å². The normalized spacial score (nSPS) is 15.7. The lowest BCUT2D eigenvalue weighted by Crippen LogP contribution is -2.39. The largest absolute Gasteiger partial charge is 0.493 e. The number of ether oxygens (including phenoxy) is 2. The second-order valence-electron chi connectivity index (χ2n) is 7.23. The lowest BCUT2D eigenvalue weighted by molar-refractivity contribution is -0.118. The van der Waals surface area contributed by atoms with Crippen LogP contribution >= 0.6 is 0 Å². The fourth-order valence-corrected chi connectivity index (χ4v) is 4.36. The molecule has 4 amide bonds. The molecule has 2 aromatic carbocycles. The average Bonchev–Trinajstić information content (AvgIpc) is 3.12. The third-order valence-corrected chi connectivity index (χ3v) is 6.29. The van der Waals surface area contributed by atoms with Gasteiger partial charge in [0.2, 0.25) is 11.8 Å². The fraction of sp³-hybridized carbons (Fsp3) is 0.286. The van der Waals surface area contributed by atoms with E-state index in [1.165, 1.54) is 38.5 Å². The molecule has 12 heteroatoms. The van der Waals surface area contributed by atoms with Crippen LogP contribution in [0.5, 0.6) is 11.5 Å². The maximum atomic E-state index is 12.5. The minimum Gasteiger partial charge on any atom is -0.493 e. The Morgan fingerprint density at radius 2 is 1.70 bits per heavy atom. The quantitative estimate of drug-likeness (QED) is 0.549. The van der Waals surface area contributed by atoms with E-state index < -0.39 is 28.0 Å². The van der Waals surface area contributed by atoms with Gasteiger partial charge < -0.3 is 25.0 Å². The standard InChI is InChI=1S/C21H24N4O7S/c1-13(26)24-33(29,30)17-7-4-14(5-8-17)22-21(28)23-15-10-20(27)25(12-15)16-6-9-18(31-2)19(11-16)32-3/h4-9,11,15H,10,12H2,1-3H3,(H,24,26)(H2,22,23,28). The summed E-state index contributed by atoms with van der Waals surface area (Å²) in [6.45, 7) is 1.37. The topological polar surface area (TPSA) is 143 Å². The monoisotopic (exact) mass is 476 g/mol. The summed E-state index contributed by atoms with van der Waals surface area (Å²) in [5, 5.41) is 5.33. The number of rotatable bonds is 7. The van der Waals surface area contributed by atoms with Crippen molar-refractivity contribution in [2.75, 3.05) is 31.0 Å². The summed E-state index contributed by atoms with van der Waals surface area (Å²) in [4.78, 5) is 37.3. The van der Waals surface area contributed by atoms with Crippen LogP contribution in [0.3, 0.4) is 0 Å². The molecule has 1 unspecified atom stereocenters. The average molecular weight is 477 g/mol. The van der Waals surface area contributed by atoms with Crippen LogP contribution in [0.2, 0.25) is 0 Å². The number of urea groups is 1. The number of methoxy groups -OCH3 is 2. The number of hydrogen-bond donors (Lipinski definition) is 3. The molecule has 0 aliphatic carbocycles. The molecule has 0 aromatic heterocycles. The zero-order valence-corrected chi connectivity index (χ0v) is 19.1. The van der Waals surface area contributed by atoms with Crippen LogP contribution in [-0.2, 0) is 19.6 Å². The number of amides is 4. The first-order valence-corrected chi connectivity index (χ1v) is 11.3. The van der Waals surface area contributed by atoms with Gasteiger partial charge in [-0.2, -0.15) is 0 Å². The minimum atomic E-state index is -3.96. The van der Waals surface area contributed by atoms with Crippen molar-refractivity contribution < 1.29 is 32.3 Å². The fourth-order valence-electron chi connectivity index (χ4n) is 3.36. The lowest BCUT2D eigenvalue weighted by atomic mass is 10.2. The van der Waals surface area contributed by atoms with E-state index in [4.69, 9.17) is 9.47 Å². The van der Waals surface area contributed by atoms with Gasteiger partial charge in [0.1, 0.15) is 0 Å². The van der Waals surface area contributed by atoms with Crippen molar-refractivity contribution in [2.24, 2.45) is 0 Å². The Morgan fingerprint density at radius 1 is 1.03 bits per heavy atom. The highest BCUT2D eigenvalue weighted by Crippen LogP contribution is 2.33. The van der Waals surface area contributed by atoms with Gasteiger partial charge in [0.25, 0.3) is 10.0 Å². The van der Waals surface area contributed by atoms with E-state index in [2.05, 4.69) is 10.6 Å². The van der Waals surface area contributed by atoms with E-state index in [0.29, 0.717) is 22.9 Å². The molecule has 1 saturated heterocycles. The van der Waals surface area contributed by atoms with E-state index in [9.17, 15) is 22.8 Å². The first-order valence-electron chi connectivity index (χ1n) is 9.86. The van der Waals surface area contributed by atoms with Crippen LogP contribution in [0, 0.1) is 0 Å². The molecule has 1 heterocycles. The van der Waals surface area contributed by atoms with Gasteiger partial charge in [0, 0.05) is 37.3 Å². The van der Waals surface area contributed by atoms with Crippen molar-refractivity contribution in [1.29, 1.82) is 0 Å². The van der Waals surface area contributed by atoms with Crippen molar-refractivity contribution in [3.05, 3.63) is 42.5 Å². The Labute approximate surface area is 191 Å². The highest BCUT2D eigenvalue weighted by atomic mass is 32.2. The number of nitrogens with zero attached hydrogens (tertiary/aromatic N) is 1. The van der Waals surface area contributed by atoms with Crippen LogP contribution in [-0.4, -0.2) is 53.1 Å². The molecule has 1 atom stereocenters. The third kappa shape index (κ3) is 5.71. The van der Waals surface area contributed by atoms with E-state index >= 15 is 0 Å². The van der Waals surface area contributed by atoms with Gasteiger partial charge in [-0.15, -0.1) is 0 Å². The van der Waals surface area contributed by atoms with Crippen LogP contribution in [0.15, 0.2) is 47.4 Å². The van der Waals surface area contributed by atoms with Crippen molar-refractivity contribution in [1.82, 2.24) is 10.0 Å². The first kappa shape index (κ1) is 23.9. The highest BCUT2D eigenvalue weighted by Gasteiger charge is 2.32. The van der Waals surface area contributed by atoms with Crippen molar-refractivity contribution in [2.45, 2.75) is 24.3 Å². The van der Waals surface area contributed by atoms with Crippen LogP contribution in [0.4, 0.5) is 16.2 Å². The molecule has 3 N–H and O–H groups in total. The summed E-state index contributed by atoms with van der Waals surface area (Å²) in [5.74, 6) is 0.170. The molecule has 11 nitrogen and oxygen atoms in total. The number of anilines is 2. The van der Waals surface area contributed by atoms with Crippen molar-refractivity contribution in [3.8, 4) is 11.5 Å². The summed E-state index contributed by atoms with van der Waals surface area (Å²) in [5.41, 5.74) is 0.966. The summed E-state index contributed by atoms with van der Waals surface area (Å²) in [6.07, 6.45) is 0.121. The Bertz CT molecular complexity index is 1170. The molecule has 3 rings (SSSR count). The lowest BCUT2D eigenvalue weighted by Gasteiger charge is -2.19. The molecule has 1 aliphatic rings. The Hall–Kier alpha value is -3.80. The number of sulfonamides is 1. The summed E-state index contributed by atoms with van der Waals surface area (Å²) < 4.78 is 36.3. The molecule has 1 fully saturated rings. The molecule has 0 radical (unpaired) electrons. The van der Waals surface area contributed by atoms with Crippen molar-refractivity contribution >= 4 is 39.2 Å². The molecule has 0 bridgehead atoms. The van der Waals surface area contributed by atoms with Crippen LogP contribution < -0.4 is 29.7 Å². The van der Waals surface area contributed by atoms with Gasteiger partial charge >= 0.3 is 6.03 Å². The summed E-state index contributed by atoms with van der Waals surface area (Å²) >= 11 is 0. The second kappa shape index (κ2) is 9.77. The SMILES string of the molecule is COc1ccc(N2CC(NC(=O)Nc3ccc(S(=O)(=O)NC(C)=O)cc3)CC2=O)cc1OC. The van der Waals surface area contributed by atoms with Gasteiger partial charge in [0.15, 0.2) is 11.5 Å². The first-order chi connectivity index (χ1) is 15.6. The zero-order chi connectivity index (χ0) is 24.2. The summed E-state index contributed by atoms with van der Waals surface area (Å²) in [7, 11) is -0.935. The number of hydrogen-bond acceptors (Lipinski definition) is 7. The molecule has 33 heavy (non-hydrogen) atoms. The van der Waals surface area contributed by atoms with E-state index in [1.54, 1.807) is 23.1 Å². The van der Waals surface area contributed by atoms with Crippen molar-refractivity contribution in [3.63, 3.8) is 0 Å². The zero-order valence-electron chi connectivity index (χ0n) is 18.2. The molecule has 2 aromatic rings. The minimum absolute atomic E-state index is 0.115. The Morgan fingerprint density at radius 3 is 2.30 bits per heavy atom.